The Morgan fingerprint density at radius 2 is 1.87 bits per heavy atom. The molecule has 1 aliphatic heterocycles. The second-order valence-corrected chi connectivity index (χ2v) is 11.3. The number of fused-ring (bicyclic) bond motifs is 1. The van der Waals surface area contributed by atoms with Crippen molar-refractivity contribution in [3.63, 3.8) is 0 Å². The average molecular weight is 664 g/mol. The van der Waals surface area contributed by atoms with E-state index in [4.69, 9.17) is 28.1 Å². The Hall–Kier alpha value is -5.21. The predicted octanol–water partition coefficient (Wildman–Crippen LogP) is 4.40. The summed E-state index contributed by atoms with van der Waals surface area (Å²) >= 11 is 1.12. The number of esters is 1. The first-order valence-electron chi connectivity index (χ1n) is 14.6. The molecule has 4 aromatic rings. The highest BCUT2D eigenvalue weighted by Gasteiger charge is 2.36. The number of para-hydroxylation sites is 1. The molecule has 14 heteroatoms. The second kappa shape index (κ2) is 14.5. The molecular weight excluding hydrogens is 630 g/mol. The first-order chi connectivity index (χ1) is 22.7. The summed E-state index contributed by atoms with van der Waals surface area (Å²) in [7, 11) is 4.48. The first kappa shape index (κ1) is 33.2. The van der Waals surface area contributed by atoms with E-state index >= 15 is 0 Å². The van der Waals surface area contributed by atoms with Gasteiger partial charge in [-0.15, -0.1) is 0 Å². The maximum Gasteiger partial charge on any atom is 0.338 e. The molecule has 13 nitrogen and oxygen atoms in total. The first-order valence-corrected chi connectivity index (χ1v) is 15.4. The van der Waals surface area contributed by atoms with Gasteiger partial charge in [0.25, 0.3) is 11.2 Å². The molecule has 0 spiro atoms. The molecule has 0 aliphatic carbocycles. The minimum absolute atomic E-state index is 0.0107. The van der Waals surface area contributed by atoms with E-state index in [9.17, 15) is 19.7 Å². The van der Waals surface area contributed by atoms with Crippen LogP contribution < -0.4 is 29.1 Å². The number of hydrogen-bond donors (Lipinski definition) is 0. The lowest BCUT2D eigenvalue weighted by Gasteiger charge is -2.27. The Labute approximate surface area is 273 Å². The number of hydrogen-bond acceptors (Lipinski definition) is 12. The zero-order valence-corrected chi connectivity index (χ0v) is 27.3. The van der Waals surface area contributed by atoms with Gasteiger partial charge in [-0.3, -0.25) is 19.5 Å². The van der Waals surface area contributed by atoms with Gasteiger partial charge in [0.2, 0.25) is 0 Å². The van der Waals surface area contributed by atoms with Crippen LogP contribution in [0.15, 0.2) is 74.0 Å². The van der Waals surface area contributed by atoms with Gasteiger partial charge in [0.1, 0.15) is 29.9 Å². The number of non-ortho nitro benzene ring substituents is 1. The molecule has 0 unspecified atom stereocenters. The standard InChI is InChI=1S/C33H33N3O10S/c1-6-14-44-30-22(8-7-9-26(30)43-5)29-28(32(38)45-16-15-41-3)19(2)34-33-35(29)31(37)27(47-33)18-21-11-13-25(46-21)23-17-20(36(39)40)10-12-24(23)42-4/h7-13,17-18,29H,6,14-16H2,1-5H3/b27-18+/t29-/m1/s1. The number of nitro groups is 1. The van der Waals surface area contributed by atoms with E-state index in [-0.39, 0.29) is 29.0 Å². The number of rotatable bonds is 13. The SMILES string of the molecule is CCCOc1c(OC)cccc1[C@@H]1C(C(=O)OCCOC)=C(C)N=c2s/c(=C/c3ccc(-c4cc([N+](=O)[O-])ccc4OC)o3)c(=O)n21. The fourth-order valence-corrected chi connectivity index (χ4v) is 6.17. The molecule has 0 bridgehead atoms. The van der Waals surface area contributed by atoms with Crippen LogP contribution in [0.1, 0.15) is 37.6 Å². The Morgan fingerprint density at radius 3 is 2.57 bits per heavy atom. The van der Waals surface area contributed by atoms with Crippen LogP contribution in [0.25, 0.3) is 17.4 Å². The van der Waals surface area contributed by atoms with Crippen LogP contribution in [-0.2, 0) is 14.3 Å². The predicted molar refractivity (Wildman–Crippen MR) is 173 cm³/mol. The number of nitrogens with zero attached hydrogens (tertiary/aromatic N) is 3. The molecule has 1 atom stereocenters. The topological polar surface area (TPSA) is 154 Å². The molecule has 0 amide bonds. The van der Waals surface area contributed by atoms with E-state index in [1.54, 1.807) is 43.3 Å². The fraction of sp³-hybridized carbons (Fsp3) is 0.303. The molecule has 0 N–H and O–H groups in total. The minimum Gasteiger partial charge on any atom is -0.496 e. The highest BCUT2D eigenvalue weighted by molar-refractivity contribution is 7.07. The summed E-state index contributed by atoms with van der Waals surface area (Å²) in [6.07, 6.45) is 2.28. The van der Waals surface area contributed by atoms with Crippen LogP contribution in [0.5, 0.6) is 17.2 Å². The van der Waals surface area contributed by atoms with Crippen molar-refractivity contribution < 1.29 is 37.8 Å². The van der Waals surface area contributed by atoms with Gasteiger partial charge in [-0.25, -0.2) is 9.79 Å². The Balaban J connectivity index is 1.66. The quantitative estimate of drug-likeness (QED) is 0.0871. The monoisotopic (exact) mass is 663 g/mol. The van der Waals surface area contributed by atoms with E-state index in [1.165, 1.54) is 44.1 Å². The third-order valence-electron chi connectivity index (χ3n) is 7.30. The largest absolute Gasteiger partial charge is 0.496 e. The summed E-state index contributed by atoms with van der Waals surface area (Å²) in [5.74, 6) is 1.21. The van der Waals surface area contributed by atoms with Crippen LogP contribution >= 0.6 is 11.3 Å². The van der Waals surface area contributed by atoms with Gasteiger partial charge >= 0.3 is 5.97 Å². The van der Waals surface area contributed by atoms with E-state index in [1.807, 2.05) is 6.92 Å². The highest BCUT2D eigenvalue weighted by atomic mass is 32.1. The van der Waals surface area contributed by atoms with Crippen molar-refractivity contribution in [1.29, 1.82) is 0 Å². The van der Waals surface area contributed by atoms with Crippen LogP contribution in [0.4, 0.5) is 5.69 Å². The van der Waals surface area contributed by atoms with E-state index < -0.39 is 22.5 Å². The number of benzene rings is 2. The number of methoxy groups -OCH3 is 3. The minimum atomic E-state index is -0.952. The summed E-state index contributed by atoms with van der Waals surface area (Å²) in [4.78, 5) is 43.6. The number of aromatic nitrogens is 1. The smallest absolute Gasteiger partial charge is 0.338 e. The lowest BCUT2D eigenvalue weighted by atomic mass is 9.94. The average Bonchev–Trinajstić information content (AvgIpc) is 3.66. The molecule has 0 radical (unpaired) electrons. The van der Waals surface area contributed by atoms with Crippen LogP contribution in [0.3, 0.4) is 0 Å². The number of nitro benzene ring substituents is 1. The molecule has 47 heavy (non-hydrogen) atoms. The zero-order valence-electron chi connectivity index (χ0n) is 26.4. The summed E-state index contributed by atoms with van der Waals surface area (Å²) in [6, 6.07) is 11.8. The number of thiazole rings is 1. The highest BCUT2D eigenvalue weighted by Crippen LogP contribution is 2.41. The molecule has 5 rings (SSSR count). The van der Waals surface area contributed by atoms with Crippen molar-refractivity contribution in [2.45, 2.75) is 26.3 Å². The van der Waals surface area contributed by atoms with Crippen molar-refractivity contribution in [3.8, 4) is 28.6 Å². The summed E-state index contributed by atoms with van der Waals surface area (Å²) in [5, 5.41) is 11.4. The zero-order chi connectivity index (χ0) is 33.7. The molecule has 0 fully saturated rings. The summed E-state index contributed by atoms with van der Waals surface area (Å²) in [6.45, 7) is 4.24. The van der Waals surface area contributed by atoms with Crippen LogP contribution in [-0.4, -0.2) is 56.6 Å². The Kier molecular flexibility index (Phi) is 10.2. The lowest BCUT2D eigenvalue weighted by molar-refractivity contribution is -0.384. The number of ether oxygens (including phenoxy) is 5. The second-order valence-electron chi connectivity index (χ2n) is 10.3. The van der Waals surface area contributed by atoms with Gasteiger partial charge in [-0.2, -0.15) is 0 Å². The van der Waals surface area contributed by atoms with Gasteiger partial charge in [0.15, 0.2) is 16.3 Å². The van der Waals surface area contributed by atoms with Crippen molar-refractivity contribution >= 4 is 29.1 Å². The molecule has 2 aromatic carbocycles. The number of allylic oxidation sites excluding steroid dienone is 1. The molecule has 0 saturated heterocycles. The van der Waals surface area contributed by atoms with E-state index in [0.29, 0.717) is 63.4 Å². The van der Waals surface area contributed by atoms with E-state index in [0.717, 1.165) is 11.3 Å². The number of furan rings is 1. The molecule has 2 aromatic heterocycles. The van der Waals surface area contributed by atoms with Crippen LogP contribution in [0.2, 0.25) is 0 Å². The van der Waals surface area contributed by atoms with Crippen molar-refractivity contribution in [1.82, 2.24) is 4.57 Å². The normalized spacial score (nSPS) is 14.4. The molecule has 1 aliphatic rings. The Morgan fingerprint density at radius 1 is 1.09 bits per heavy atom. The molecule has 0 saturated carbocycles. The third-order valence-corrected chi connectivity index (χ3v) is 8.28. The fourth-order valence-electron chi connectivity index (χ4n) is 5.15. The third kappa shape index (κ3) is 6.69. The Bertz CT molecular complexity index is 2020. The number of carbonyl (C=O) groups is 1. The lowest BCUT2D eigenvalue weighted by Crippen LogP contribution is -2.40. The summed E-state index contributed by atoms with van der Waals surface area (Å²) in [5.41, 5.74) is 0.909. The maximum atomic E-state index is 14.2. The molecule has 246 valence electrons. The van der Waals surface area contributed by atoms with Gasteiger partial charge < -0.3 is 28.1 Å². The number of carbonyl (C=O) groups excluding carboxylic acids is 1. The van der Waals surface area contributed by atoms with Gasteiger partial charge in [0, 0.05) is 30.9 Å². The van der Waals surface area contributed by atoms with Crippen molar-refractivity contribution in [2.24, 2.45) is 4.99 Å². The van der Waals surface area contributed by atoms with Crippen molar-refractivity contribution in [2.75, 3.05) is 41.2 Å². The summed E-state index contributed by atoms with van der Waals surface area (Å²) < 4.78 is 35.4. The van der Waals surface area contributed by atoms with Crippen molar-refractivity contribution in [3.05, 3.63) is 101 Å². The molecular formula is C33H33N3O10S. The van der Waals surface area contributed by atoms with Gasteiger partial charge in [-0.1, -0.05) is 30.4 Å². The van der Waals surface area contributed by atoms with Gasteiger partial charge in [0.05, 0.1) is 53.7 Å². The maximum absolute atomic E-state index is 14.2. The molecule has 3 heterocycles. The van der Waals surface area contributed by atoms with E-state index in [2.05, 4.69) is 4.99 Å². The van der Waals surface area contributed by atoms with Gasteiger partial charge in [-0.05, 0) is 37.6 Å². The van der Waals surface area contributed by atoms with Crippen LogP contribution in [0, 0.1) is 10.1 Å².